The third-order valence-corrected chi connectivity index (χ3v) is 6.10. The Kier molecular flexibility index (Phi) is 2.20. The van der Waals surface area contributed by atoms with Gasteiger partial charge >= 0.3 is 0 Å². The molecule has 1 aliphatic rings. The van der Waals surface area contributed by atoms with E-state index in [0.29, 0.717) is 4.90 Å². The zero-order valence-electron chi connectivity index (χ0n) is 8.51. The van der Waals surface area contributed by atoms with Crippen molar-refractivity contribution in [3.05, 3.63) is 48.5 Å². The first-order valence-corrected chi connectivity index (χ1v) is 7.44. The highest BCUT2D eigenvalue weighted by Crippen LogP contribution is 2.38. The molecule has 0 aromatic heterocycles. The van der Waals surface area contributed by atoms with Crippen LogP contribution in [0.4, 0.5) is 0 Å². The summed E-state index contributed by atoms with van der Waals surface area (Å²) in [5.41, 5.74) is 0. The predicted octanol–water partition coefficient (Wildman–Crippen LogP) is 1.60. The van der Waals surface area contributed by atoms with Gasteiger partial charge in [0.05, 0.1) is 0 Å². The first-order valence-electron chi connectivity index (χ1n) is 4.80. The molecule has 2 aromatic rings. The number of fused-ring (bicyclic) bond motifs is 2. The van der Waals surface area contributed by atoms with Crippen LogP contribution in [0.1, 0.15) is 0 Å². The molecule has 1 heterocycles. The molecule has 0 spiro atoms. The van der Waals surface area contributed by atoms with Crippen LogP contribution < -0.4 is 0 Å². The van der Waals surface area contributed by atoms with Gasteiger partial charge in [0.2, 0.25) is 14.7 Å². The highest BCUT2D eigenvalue weighted by atomic mass is 32.2. The Morgan fingerprint density at radius 1 is 1.12 bits per heavy atom. The average Bonchev–Trinajstić information content (AvgIpc) is 2.37. The highest BCUT2D eigenvalue weighted by Gasteiger charge is 2.38. The van der Waals surface area contributed by atoms with Crippen molar-refractivity contribution in [1.29, 1.82) is 0 Å². The number of rotatable bonds is 0. The second kappa shape index (κ2) is 3.50. The standard InChI is InChI=1S/C12H6O3S2/c13-16-9-5-1-3-7-11(9)17(14,15)12-8-4-2-6-10(12)16/h1,3-5,7-8H. The van der Waals surface area contributed by atoms with Gasteiger partial charge in [0.15, 0.2) is 4.90 Å². The van der Waals surface area contributed by atoms with E-state index >= 15 is 0 Å². The predicted molar refractivity (Wildman–Crippen MR) is 60.7 cm³/mol. The second-order valence-corrected chi connectivity index (χ2v) is 6.79. The molecule has 17 heavy (non-hydrogen) atoms. The molecule has 1 atom stereocenters. The quantitative estimate of drug-likeness (QED) is 0.678. The molecule has 0 amide bonds. The van der Waals surface area contributed by atoms with Crippen LogP contribution in [-0.2, 0) is 21.0 Å². The van der Waals surface area contributed by atoms with Gasteiger partial charge < -0.3 is 4.55 Å². The highest BCUT2D eigenvalue weighted by molar-refractivity contribution is 7.97. The smallest absolute Gasteiger partial charge is 0.228 e. The molecule has 3 rings (SSSR count). The van der Waals surface area contributed by atoms with E-state index in [-0.39, 0.29) is 14.7 Å². The van der Waals surface area contributed by atoms with Crippen molar-refractivity contribution in [2.45, 2.75) is 19.6 Å². The fourth-order valence-electron chi connectivity index (χ4n) is 1.76. The van der Waals surface area contributed by atoms with E-state index in [0.717, 1.165) is 0 Å². The summed E-state index contributed by atoms with van der Waals surface area (Å²) in [4.78, 5) is 0.681. The molecule has 0 N–H and O–H groups in total. The zero-order valence-corrected chi connectivity index (χ0v) is 10.1. The van der Waals surface area contributed by atoms with Crippen molar-refractivity contribution in [1.82, 2.24) is 0 Å². The monoisotopic (exact) mass is 262 g/mol. The summed E-state index contributed by atoms with van der Waals surface area (Å²) in [5.74, 6) is 0. The molecule has 1 aliphatic heterocycles. The van der Waals surface area contributed by atoms with Gasteiger partial charge in [-0.1, -0.05) is 18.2 Å². The maximum Gasteiger partial charge on any atom is 0.228 e. The fourth-order valence-corrected chi connectivity index (χ4v) is 5.32. The van der Waals surface area contributed by atoms with E-state index in [1.54, 1.807) is 18.2 Å². The second-order valence-electron chi connectivity index (χ2n) is 3.51. The molecule has 5 heteroatoms. The first-order chi connectivity index (χ1) is 8.12. The SMILES string of the molecule is O=S1(=O)c2ccc#cc2[S+]([O-])c2ccccc21. The summed E-state index contributed by atoms with van der Waals surface area (Å²) in [6, 6.07) is 14.5. The Morgan fingerprint density at radius 2 is 1.88 bits per heavy atom. The molecule has 0 saturated heterocycles. The van der Waals surface area contributed by atoms with E-state index in [4.69, 9.17) is 0 Å². The summed E-state index contributed by atoms with van der Waals surface area (Å²) in [6.45, 7) is 0. The maximum absolute atomic E-state index is 12.3. The van der Waals surface area contributed by atoms with E-state index < -0.39 is 21.0 Å². The molecule has 0 saturated carbocycles. The fraction of sp³-hybridized carbons (Fsp3) is 0. The largest absolute Gasteiger partial charge is 0.606 e. The molecular formula is C12H6O3S2. The topological polar surface area (TPSA) is 57.2 Å². The van der Waals surface area contributed by atoms with Gasteiger partial charge in [-0.05, 0) is 30.3 Å². The number of sulfone groups is 1. The van der Waals surface area contributed by atoms with Crippen molar-refractivity contribution in [2.75, 3.05) is 0 Å². The molecule has 2 aromatic carbocycles. The maximum atomic E-state index is 12.3. The Bertz CT molecular complexity index is 639. The van der Waals surface area contributed by atoms with Crippen molar-refractivity contribution in [3.8, 4) is 0 Å². The average molecular weight is 262 g/mol. The zero-order chi connectivity index (χ0) is 12.0. The Hall–Kier alpha value is -1.48. The summed E-state index contributed by atoms with van der Waals surface area (Å²) in [6.07, 6.45) is 0. The number of benzene rings is 1. The lowest BCUT2D eigenvalue weighted by atomic mass is 10.4. The van der Waals surface area contributed by atoms with Crippen molar-refractivity contribution in [3.63, 3.8) is 0 Å². The van der Waals surface area contributed by atoms with E-state index in [9.17, 15) is 13.0 Å². The minimum Gasteiger partial charge on any atom is -0.606 e. The van der Waals surface area contributed by atoms with Crippen LogP contribution in [0.25, 0.3) is 0 Å². The molecule has 0 aliphatic carbocycles. The molecule has 1 unspecified atom stereocenters. The van der Waals surface area contributed by atoms with Crippen LogP contribution in [0.15, 0.2) is 56.0 Å². The lowest BCUT2D eigenvalue weighted by molar-refractivity contribution is 0.570. The molecule has 3 nitrogen and oxygen atoms in total. The molecule has 0 bridgehead atoms. The van der Waals surface area contributed by atoms with E-state index in [1.165, 1.54) is 18.2 Å². The van der Waals surface area contributed by atoms with Crippen LogP contribution in [0, 0.1) is 12.1 Å². The van der Waals surface area contributed by atoms with E-state index in [1.807, 2.05) is 0 Å². The van der Waals surface area contributed by atoms with Gasteiger partial charge in [-0.2, -0.15) is 0 Å². The van der Waals surface area contributed by atoms with Crippen LogP contribution in [0.5, 0.6) is 0 Å². The van der Waals surface area contributed by atoms with Gasteiger partial charge in [0, 0.05) is 11.2 Å². The minimum absolute atomic E-state index is 0.0632. The van der Waals surface area contributed by atoms with Crippen LogP contribution in [0.3, 0.4) is 0 Å². The summed E-state index contributed by atoms with van der Waals surface area (Å²) < 4.78 is 36.7. The van der Waals surface area contributed by atoms with Crippen molar-refractivity contribution < 1.29 is 13.0 Å². The van der Waals surface area contributed by atoms with Crippen LogP contribution in [0.2, 0.25) is 0 Å². The van der Waals surface area contributed by atoms with Crippen molar-refractivity contribution >= 4 is 21.0 Å². The minimum atomic E-state index is -3.58. The summed E-state index contributed by atoms with van der Waals surface area (Å²) in [5, 5.41) is 0. The normalized spacial score (nSPS) is 16.8. The van der Waals surface area contributed by atoms with Crippen molar-refractivity contribution in [2.24, 2.45) is 0 Å². The third kappa shape index (κ3) is 1.39. The lowest BCUT2D eigenvalue weighted by Gasteiger charge is -2.19. The summed E-state index contributed by atoms with van der Waals surface area (Å²) in [7, 11) is -3.58. The molecule has 84 valence electrons. The van der Waals surface area contributed by atoms with Crippen LogP contribution >= 0.6 is 0 Å². The number of hydrogen-bond donors (Lipinski definition) is 0. The van der Waals surface area contributed by atoms with Gasteiger partial charge in [-0.3, -0.25) is 0 Å². The Morgan fingerprint density at radius 3 is 2.71 bits per heavy atom. The van der Waals surface area contributed by atoms with Gasteiger partial charge in [0.25, 0.3) is 0 Å². The molecular weight excluding hydrogens is 256 g/mol. The Labute approximate surface area is 102 Å². The summed E-state index contributed by atoms with van der Waals surface area (Å²) >= 11 is -1.50. The number of hydrogen-bond acceptors (Lipinski definition) is 3. The van der Waals surface area contributed by atoms with Gasteiger partial charge in [0.1, 0.15) is 9.79 Å². The third-order valence-electron chi connectivity index (χ3n) is 2.54. The lowest BCUT2D eigenvalue weighted by Crippen LogP contribution is -2.19. The van der Waals surface area contributed by atoms with E-state index in [2.05, 4.69) is 12.1 Å². The first kappa shape index (κ1) is 10.7. The Balaban J connectivity index is 2.42. The molecule has 0 fully saturated rings. The van der Waals surface area contributed by atoms with Gasteiger partial charge in [-0.15, -0.1) is 0 Å². The van der Waals surface area contributed by atoms with Crippen LogP contribution in [-0.4, -0.2) is 13.0 Å². The van der Waals surface area contributed by atoms with Gasteiger partial charge in [-0.25, -0.2) is 8.42 Å². The molecule has 0 radical (unpaired) electrons.